The van der Waals surface area contributed by atoms with Gasteiger partial charge in [-0.15, -0.1) is 0 Å². The van der Waals surface area contributed by atoms with Crippen LogP contribution in [-0.4, -0.2) is 33.9 Å². The van der Waals surface area contributed by atoms with Crippen LogP contribution in [-0.2, 0) is 14.8 Å². The Hall–Kier alpha value is -0.130. The standard InChI is InChI=1S/C8H19NO3S/c1-7(2)8(3)12-6-5-9-13(4,10)11/h7-9H,5-6H2,1-4H3. The predicted octanol–water partition coefficient (Wildman–Crippen LogP) is 0.597. The Balaban J connectivity index is 3.47. The molecule has 80 valence electrons. The molecule has 0 amide bonds. The van der Waals surface area contributed by atoms with E-state index in [1.54, 1.807) is 0 Å². The molecule has 0 radical (unpaired) electrons. The first-order chi connectivity index (χ1) is 5.83. The molecule has 0 saturated heterocycles. The molecule has 0 aromatic rings. The number of rotatable bonds is 6. The lowest BCUT2D eigenvalue weighted by atomic mass is 10.1. The van der Waals surface area contributed by atoms with E-state index in [1.807, 2.05) is 6.92 Å². The zero-order valence-corrected chi connectivity index (χ0v) is 9.52. The highest BCUT2D eigenvalue weighted by atomic mass is 32.2. The molecule has 0 heterocycles. The average molecular weight is 209 g/mol. The van der Waals surface area contributed by atoms with E-state index in [1.165, 1.54) is 0 Å². The highest BCUT2D eigenvalue weighted by molar-refractivity contribution is 7.88. The highest BCUT2D eigenvalue weighted by Gasteiger charge is 2.06. The first-order valence-electron chi connectivity index (χ1n) is 4.39. The minimum atomic E-state index is -3.07. The molecule has 0 aliphatic carbocycles. The van der Waals surface area contributed by atoms with Crippen molar-refractivity contribution in [1.82, 2.24) is 4.72 Å². The van der Waals surface area contributed by atoms with Gasteiger partial charge in [-0.2, -0.15) is 0 Å². The smallest absolute Gasteiger partial charge is 0.208 e. The van der Waals surface area contributed by atoms with Crippen LogP contribution < -0.4 is 4.72 Å². The summed E-state index contributed by atoms with van der Waals surface area (Å²) in [5.41, 5.74) is 0. The minimum Gasteiger partial charge on any atom is -0.377 e. The second-order valence-corrected chi connectivity index (χ2v) is 5.32. The van der Waals surface area contributed by atoms with Gasteiger partial charge in [-0.25, -0.2) is 13.1 Å². The van der Waals surface area contributed by atoms with Gasteiger partial charge >= 0.3 is 0 Å². The summed E-state index contributed by atoms with van der Waals surface area (Å²) < 4.78 is 29.0. The van der Waals surface area contributed by atoms with Crippen LogP contribution in [0.4, 0.5) is 0 Å². The van der Waals surface area contributed by atoms with Gasteiger partial charge in [0, 0.05) is 6.54 Å². The maximum absolute atomic E-state index is 10.6. The molecule has 1 unspecified atom stereocenters. The Kier molecular flexibility index (Phi) is 5.51. The number of hydrogen-bond acceptors (Lipinski definition) is 3. The van der Waals surface area contributed by atoms with Crippen molar-refractivity contribution in [3.63, 3.8) is 0 Å². The summed E-state index contributed by atoms with van der Waals surface area (Å²) in [6.07, 6.45) is 1.31. The zero-order chi connectivity index (χ0) is 10.5. The first-order valence-corrected chi connectivity index (χ1v) is 6.28. The van der Waals surface area contributed by atoms with Gasteiger partial charge in [0.2, 0.25) is 10.0 Å². The fourth-order valence-corrected chi connectivity index (χ4v) is 1.12. The van der Waals surface area contributed by atoms with Gasteiger partial charge < -0.3 is 4.74 Å². The van der Waals surface area contributed by atoms with Crippen LogP contribution in [0.15, 0.2) is 0 Å². The van der Waals surface area contributed by atoms with E-state index in [-0.39, 0.29) is 6.10 Å². The summed E-state index contributed by atoms with van der Waals surface area (Å²) in [7, 11) is -3.07. The number of ether oxygens (including phenoxy) is 1. The third-order valence-corrected chi connectivity index (χ3v) is 2.51. The van der Waals surface area contributed by atoms with Crippen LogP contribution >= 0.6 is 0 Å². The molecule has 0 aromatic carbocycles. The van der Waals surface area contributed by atoms with Crippen molar-refractivity contribution in [2.24, 2.45) is 5.92 Å². The second kappa shape index (κ2) is 5.57. The monoisotopic (exact) mass is 209 g/mol. The van der Waals surface area contributed by atoms with Crippen molar-refractivity contribution in [3.05, 3.63) is 0 Å². The van der Waals surface area contributed by atoms with E-state index in [2.05, 4.69) is 18.6 Å². The maximum Gasteiger partial charge on any atom is 0.208 e. The molecule has 5 heteroatoms. The van der Waals surface area contributed by atoms with Crippen LogP contribution in [0.5, 0.6) is 0 Å². The molecule has 1 atom stereocenters. The average Bonchev–Trinajstić information content (AvgIpc) is 1.95. The lowest BCUT2D eigenvalue weighted by Crippen LogP contribution is -2.28. The topological polar surface area (TPSA) is 55.4 Å². The lowest BCUT2D eigenvalue weighted by molar-refractivity contribution is 0.0393. The minimum absolute atomic E-state index is 0.168. The molecule has 0 bridgehead atoms. The van der Waals surface area contributed by atoms with Gasteiger partial charge in [0.15, 0.2) is 0 Å². The van der Waals surface area contributed by atoms with Crippen molar-refractivity contribution in [1.29, 1.82) is 0 Å². The maximum atomic E-state index is 10.6. The van der Waals surface area contributed by atoms with E-state index in [0.717, 1.165) is 6.26 Å². The summed E-state index contributed by atoms with van der Waals surface area (Å²) in [5, 5.41) is 0. The van der Waals surface area contributed by atoms with Gasteiger partial charge in [0.05, 0.1) is 19.0 Å². The van der Waals surface area contributed by atoms with Crippen LogP contribution in [0.1, 0.15) is 20.8 Å². The fraction of sp³-hybridized carbons (Fsp3) is 1.00. The van der Waals surface area contributed by atoms with Gasteiger partial charge in [-0.3, -0.25) is 0 Å². The lowest BCUT2D eigenvalue weighted by Gasteiger charge is -2.16. The molecule has 1 N–H and O–H groups in total. The summed E-state index contributed by atoms with van der Waals surface area (Å²) in [4.78, 5) is 0. The Morgan fingerprint density at radius 1 is 1.31 bits per heavy atom. The van der Waals surface area contributed by atoms with E-state index in [0.29, 0.717) is 19.1 Å². The molecule has 0 fully saturated rings. The number of hydrogen-bond donors (Lipinski definition) is 1. The Morgan fingerprint density at radius 2 is 1.85 bits per heavy atom. The van der Waals surface area contributed by atoms with Crippen molar-refractivity contribution >= 4 is 10.0 Å². The Bertz CT molecular complexity index is 224. The largest absolute Gasteiger partial charge is 0.377 e. The van der Waals surface area contributed by atoms with Crippen molar-refractivity contribution in [2.45, 2.75) is 26.9 Å². The van der Waals surface area contributed by atoms with E-state index >= 15 is 0 Å². The molecule has 0 aromatic heterocycles. The molecule has 4 nitrogen and oxygen atoms in total. The Labute approximate surface area is 80.7 Å². The quantitative estimate of drug-likeness (QED) is 0.652. The molecule has 0 spiro atoms. The third kappa shape index (κ3) is 8.21. The van der Waals surface area contributed by atoms with Crippen molar-refractivity contribution < 1.29 is 13.2 Å². The first kappa shape index (κ1) is 12.9. The normalized spacial score (nSPS) is 14.8. The molecule has 0 rings (SSSR count). The van der Waals surface area contributed by atoms with Gasteiger partial charge in [0.25, 0.3) is 0 Å². The van der Waals surface area contributed by atoms with E-state index in [9.17, 15) is 8.42 Å². The summed E-state index contributed by atoms with van der Waals surface area (Å²) >= 11 is 0. The predicted molar refractivity (Wildman–Crippen MR) is 53.1 cm³/mol. The summed E-state index contributed by atoms with van der Waals surface area (Å²) in [5.74, 6) is 0.457. The number of sulfonamides is 1. The second-order valence-electron chi connectivity index (χ2n) is 3.49. The van der Waals surface area contributed by atoms with Crippen LogP contribution in [0, 0.1) is 5.92 Å². The summed E-state index contributed by atoms with van der Waals surface area (Å²) in [6, 6.07) is 0. The van der Waals surface area contributed by atoms with Crippen LogP contribution in [0.25, 0.3) is 0 Å². The van der Waals surface area contributed by atoms with Gasteiger partial charge in [0.1, 0.15) is 0 Å². The van der Waals surface area contributed by atoms with Gasteiger partial charge in [-0.1, -0.05) is 13.8 Å². The SMILES string of the molecule is CC(C)C(C)OCCNS(C)(=O)=O. The molecular weight excluding hydrogens is 190 g/mol. The molecule has 0 aliphatic heterocycles. The van der Waals surface area contributed by atoms with Gasteiger partial charge in [-0.05, 0) is 12.8 Å². The number of nitrogens with one attached hydrogen (secondary N) is 1. The summed E-state index contributed by atoms with van der Waals surface area (Å²) in [6.45, 7) is 6.87. The van der Waals surface area contributed by atoms with Crippen molar-refractivity contribution in [2.75, 3.05) is 19.4 Å². The zero-order valence-electron chi connectivity index (χ0n) is 8.70. The molecule has 13 heavy (non-hydrogen) atoms. The van der Waals surface area contributed by atoms with Crippen LogP contribution in [0.3, 0.4) is 0 Å². The third-order valence-electron chi connectivity index (χ3n) is 1.79. The highest BCUT2D eigenvalue weighted by Crippen LogP contribution is 2.03. The van der Waals surface area contributed by atoms with E-state index < -0.39 is 10.0 Å². The Morgan fingerprint density at radius 3 is 2.23 bits per heavy atom. The molecular formula is C8H19NO3S. The fourth-order valence-electron chi connectivity index (χ4n) is 0.664. The van der Waals surface area contributed by atoms with Crippen LogP contribution in [0.2, 0.25) is 0 Å². The molecule has 0 aliphatic rings. The van der Waals surface area contributed by atoms with E-state index in [4.69, 9.17) is 4.74 Å². The molecule has 0 saturated carbocycles. The van der Waals surface area contributed by atoms with Crippen molar-refractivity contribution in [3.8, 4) is 0 Å².